The van der Waals surface area contributed by atoms with Gasteiger partial charge in [0.05, 0.1) is 11.3 Å². The van der Waals surface area contributed by atoms with Gasteiger partial charge in [0.2, 0.25) is 0 Å². The molecule has 0 bridgehead atoms. The monoisotopic (exact) mass is 321 g/mol. The van der Waals surface area contributed by atoms with E-state index in [0.717, 1.165) is 6.26 Å². The average molecular weight is 321 g/mol. The van der Waals surface area contributed by atoms with Crippen LogP contribution in [0.3, 0.4) is 0 Å². The Bertz CT molecular complexity index is 653. The van der Waals surface area contributed by atoms with Crippen LogP contribution in [0.2, 0.25) is 0 Å². The Morgan fingerprint density at radius 2 is 1.95 bits per heavy atom. The fraction of sp³-hybridized carbons (Fsp3) is 0.571. The highest BCUT2D eigenvalue weighted by Crippen LogP contribution is 2.42. The van der Waals surface area contributed by atoms with Gasteiger partial charge in [0.25, 0.3) is 0 Å². The number of sulfone groups is 1. The number of alkyl halides is 3. The first-order chi connectivity index (χ1) is 9.50. The number of benzene rings is 1. The average Bonchev–Trinajstić information content (AvgIpc) is 2.67. The van der Waals surface area contributed by atoms with E-state index in [1.807, 2.05) is 0 Å². The van der Waals surface area contributed by atoms with Crippen LogP contribution in [0.25, 0.3) is 0 Å². The molecule has 3 nitrogen and oxygen atoms in total. The van der Waals surface area contributed by atoms with Gasteiger partial charge in [-0.05, 0) is 37.5 Å². The maximum Gasteiger partial charge on any atom is 0.417 e. The third-order valence-corrected chi connectivity index (χ3v) is 4.86. The van der Waals surface area contributed by atoms with Gasteiger partial charge in [0, 0.05) is 24.5 Å². The van der Waals surface area contributed by atoms with Gasteiger partial charge in [-0.15, -0.1) is 0 Å². The number of fused-ring (bicyclic) bond motifs is 1. The number of nitrogens with zero attached hydrogens (tertiary/aromatic N) is 1. The van der Waals surface area contributed by atoms with E-state index >= 15 is 0 Å². The summed E-state index contributed by atoms with van der Waals surface area (Å²) in [6.07, 6.45) is -2.96. The standard InChI is InChI=1S/C14H18F3NO2S/c1-9-4-5-12-11(13(9)14(15,16)17)6-7-18(12)10(2)8-21(3,19)20/h4-5,10H,6-8H2,1-3H3. The molecule has 0 amide bonds. The minimum Gasteiger partial charge on any atom is -0.367 e. The van der Waals surface area contributed by atoms with E-state index in [4.69, 9.17) is 0 Å². The first-order valence-corrected chi connectivity index (χ1v) is 8.71. The zero-order valence-electron chi connectivity index (χ0n) is 12.2. The van der Waals surface area contributed by atoms with Crippen LogP contribution in [0.15, 0.2) is 12.1 Å². The van der Waals surface area contributed by atoms with Crippen molar-refractivity contribution >= 4 is 15.5 Å². The quantitative estimate of drug-likeness (QED) is 0.859. The smallest absolute Gasteiger partial charge is 0.367 e. The molecule has 1 unspecified atom stereocenters. The third kappa shape index (κ3) is 3.33. The Hall–Kier alpha value is -1.24. The van der Waals surface area contributed by atoms with Gasteiger partial charge in [-0.2, -0.15) is 13.2 Å². The van der Waals surface area contributed by atoms with Gasteiger partial charge >= 0.3 is 6.18 Å². The largest absolute Gasteiger partial charge is 0.417 e. The number of rotatable bonds is 3. The molecule has 0 spiro atoms. The molecule has 7 heteroatoms. The van der Waals surface area contributed by atoms with E-state index in [1.54, 1.807) is 17.9 Å². The van der Waals surface area contributed by atoms with Gasteiger partial charge in [-0.3, -0.25) is 0 Å². The van der Waals surface area contributed by atoms with Crippen molar-refractivity contribution in [3.63, 3.8) is 0 Å². The zero-order valence-corrected chi connectivity index (χ0v) is 13.0. The molecular formula is C14H18F3NO2S. The topological polar surface area (TPSA) is 37.4 Å². The second-order valence-corrected chi connectivity index (χ2v) is 7.82. The van der Waals surface area contributed by atoms with Crippen molar-refractivity contribution in [2.45, 2.75) is 32.5 Å². The van der Waals surface area contributed by atoms with Crippen LogP contribution in [0.1, 0.15) is 23.6 Å². The van der Waals surface area contributed by atoms with Crippen molar-refractivity contribution in [3.8, 4) is 0 Å². The SMILES string of the molecule is Cc1ccc2c(c1C(F)(F)F)CCN2C(C)CS(C)(=O)=O. The lowest BCUT2D eigenvalue weighted by Crippen LogP contribution is -2.36. The molecule has 1 aliphatic heterocycles. The molecule has 1 atom stereocenters. The predicted molar refractivity (Wildman–Crippen MR) is 76.4 cm³/mol. The highest BCUT2D eigenvalue weighted by molar-refractivity contribution is 7.90. The van der Waals surface area contributed by atoms with Crippen LogP contribution in [0, 0.1) is 6.92 Å². The molecule has 0 fully saturated rings. The lowest BCUT2D eigenvalue weighted by Gasteiger charge is -2.27. The second kappa shape index (κ2) is 5.19. The fourth-order valence-electron chi connectivity index (χ4n) is 3.01. The third-order valence-electron chi connectivity index (χ3n) is 3.77. The number of aryl methyl sites for hydroxylation is 1. The summed E-state index contributed by atoms with van der Waals surface area (Å²) in [5, 5.41) is 0. The van der Waals surface area contributed by atoms with Crippen molar-refractivity contribution in [1.82, 2.24) is 0 Å². The molecule has 0 saturated carbocycles. The molecule has 1 heterocycles. The van der Waals surface area contributed by atoms with Crippen molar-refractivity contribution in [2.24, 2.45) is 0 Å². The minimum absolute atomic E-state index is 0.0678. The maximum atomic E-state index is 13.2. The number of hydrogen-bond acceptors (Lipinski definition) is 3. The summed E-state index contributed by atoms with van der Waals surface area (Å²) in [4.78, 5) is 1.76. The van der Waals surface area contributed by atoms with Crippen LogP contribution in [-0.2, 0) is 22.4 Å². The second-order valence-electron chi connectivity index (χ2n) is 5.64. The molecular weight excluding hydrogens is 303 g/mol. The number of hydrogen-bond donors (Lipinski definition) is 0. The molecule has 0 N–H and O–H groups in total. The van der Waals surface area contributed by atoms with E-state index in [-0.39, 0.29) is 22.9 Å². The highest BCUT2D eigenvalue weighted by atomic mass is 32.2. The van der Waals surface area contributed by atoms with Crippen molar-refractivity contribution in [3.05, 3.63) is 28.8 Å². The van der Waals surface area contributed by atoms with Gasteiger partial charge in [-0.25, -0.2) is 8.42 Å². The Morgan fingerprint density at radius 1 is 1.33 bits per heavy atom. The number of anilines is 1. The van der Waals surface area contributed by atoms with Crippen molar-refractivity contribution in [1.29, 1.82) is 0 Å². The van der Waals surface area contributed by atoms with Crippen LogP contribution < -0.4 is 4.90 Å². The molecule has 1 aliphatic rings. The normalized spacial score (nSPS) is 17.0. The van der Waals surface area contributed by atoms with E-state index in [9.17, 15) is 21.6 Å². The van der Waals surface area contributed by atoms with E-state index < -0.39 is 21.6 Å². The summed E-state index contributed by atoms with van der Waals surface area (Å²) in [6, 6.07) is 2.77. The molecule has 2 rings (SSSR count). The Kier molecular flexibility index (Phi) is 3.99. The minimum atomic E-state index is -4.38. The Balaban J connectivity index is 2.42. The van der Waals surface area contributed by atoms with Gasteiger partial charge in [0.15, 0.2) is 0 Å². The Morgan fingerprint density at radius 3 is 2.48 bits per heavy atom. The summed E-state index contributed by atoms with van der Waals surface area (Å²) in [7, 11) is -3.17. The van der Waals surface area contributed by atoms with Gasteiger partial charge < -0.3 is 4.90 Å². The summed E-state index contributed by atoms with van der Waals surface area (Å²) >= 11 is 0. The van der Waals surface area contributed by atoms with Gasteiger partial charge in [-0.1, -0.05) is 6.07 Å². The zero-order chi connectivity index (χ0) is 16.0. The molecule has 1 aromatic rings. The molecule has 21 heavy (non-hydrogen) atoms. The van der Waals surface area contributed by atoms with E-state index in [1.165, 1.54) is 13.0 Å². The lowest BCUT2D eigenvalue weighted by molar-refractivity contribution is -0.138. The highest BCUT2D eigenvalue weighted by Gasteiger charge is 2.39. The van der Waals surface area contributed by atoms with Crippen molar-refractivity contribution < 1.29 is 21.6 Å². The summed E-state index contributed by atoms with van der Waals surface area (Å²) in [6.45, 7) is 3.59. The predicted octanol–water partition coefficient (Wildman–Crippen LogP) is 2.81. The first-order valence-electron chi connectivity index (χ1n) is 6.65. The van der Waals surface area contributed by atoms with Crippen molar-refractivity contribution in [2.75, 3.05) is 23.5 Å². The van der Waals surface area contributed by atoms with Gasteiger partial charge in [0.1, 0.15) is 9.84 Å². The summed E-state index contributed by atoms with van der Waals surface area (Å²) in [5.41, 5.74) is 0.417. The van der Waals surface area contributed by atoms with Crippen LogP contribution in [-0.4, -0.2) is 33.0 Å². The summed E-state index contributed by atoms with van der Waals surface area (Å²) in [5.74, 6) is -0.0678. The van der Waals surface area contributed by atoms with Crippen LogP contribution >= 0.6 is 0 Å². The van der Waals surface area contributed by atoms with Crippen LogP contribution in [0.4, 0.5) is 18.9 Å². The number of halogens is 3. The summed E-state index contributed by atoms with van der Waals surface area (Å²) < 4.78 is 62.3. The molecule has 118 valence electrons. The fourth-order valence-corrected chi connectivity index (χ4v) is 4.07. The van der Waals surface area contributed by atoms with E-state index in [0.29, 0.717) is 18.7 Å². The lowest BCUT2D eigenvalue weighted by atomic mass is 9.99. The molecule has 0 radical (unpaired) electrons. The Labute approximate surface area is 122 Å². The van der Waals surface area contributed by atoms with Crippen LogP contribution in [0.5, 0.6) is 0 Å². The first kappa shape index (κ1) is 16.1. The molecule has 0 saturated heterocycles. The van der Waals surface area contributed by atoms with E-state index in [2.05, 4.69) is 0 Å². The molecule has 1 aromatic carbocycles. The molecule has 0 aromatic heterocycles. The maximum absolute atomic E-state index is 13.2. The molecule has 0 aliphatic carbocycles.